The zero-order valence-corrected chi connectivity index (χ0v) is 18.7. The molecule has 2 aliphatic heterocycles. The summed E-state index contributed by atoms with van der Waals surface area (Å²) >= 11 is 0. The van der Waals surface area contributed by atoms with E-state index in [2.05, 4.69) is 22.5 Å². The average Bonchev–Trinajstić information content (AvgIpc) is 3.23. The molecular weight excluding hydrogens is 394 g/mol. The minimum absolute atomic E-state index is 0.0942. The van der Waals surface area contributed by atoms with Crippen molar-refractivity contribution in [3.05, 3.63) is 29.8 Å². The maximum atomic E-state index is 13.4. The van der Waals surface area contributed by atoms with Gasteiger partial charge in [0.1, 0.15) is 0 Å². The van der Waals surface area contributed by atoms with Crippen LogP contribution in [-0.2, 0) is 9.59 Å². The number of likely N-dealkylation sites (N-methyl/N-ethyl adjacent to an activating group) is 1. The van der Waals surface area contributed by atoms with Gasteiger partial charge in [0.15, 0.2) is 0 Å². The Morgan fingerprint density at radius 3 is 2.68 bits per heavy atom. The monoisotopic (exact) mass is 429 g/mol. The van der Waals surface area contributed by atoms with E-state index in [0.29, 0.717) is 36.8 Å². The highest BCUT2D eigenvalue weighted by Crippen LogP contribution is 2.20. The van der Waals surface area contributed by atoms with Gasteiger partial charge in [0.25, 0.3) is 5.91 Å². The van der Waals surface area contributed by atoms with Gasteiger partial charge >= 0.3 is 0 Å². The number of nitrogens with one attached hydrogen (secondary N) is 2. The predicted octanol–water partition coefficient (Wildman–Crippen LogP) is 1.39. The first-order valence-corrected chi connectivity index (χ1v) is 11.4. The summed E-state index contributed by atoms with van der Waals surface area (Å²) < 4.78 is 0. The molecule has 2 heterocycles. The van der Waals surface area contributed by atoms with Gasteiger partial charge in [-0.3, -0.25) is 19.3 Å². The molecule has 2 fully saturated rings. The van der Waals surface area contributed by atoms with Crippen molar-refractivity contribution < 1.29 is 14.4 Å². The number of carbonyl (C=O) groups is 3. The van der Waals surface area contributed by atoms with Gasteiger partial charge in [-0.1, -0.05) is 13.0 Å². The van der Waals surface area contributed by atoms with Crippen LogP contribution in [0.2, 0.25) is 0 Å². The highest BCUT2D eigenvalue weighted by molar-refractivity contribution is 5.97. The summed E-state index contributed by atoms with van der Waals surface area (Å²) in [6.45, 7) is 9.71. The van der Waals surface area contributed by atoms with Crippen LogP contribution in [0, 0.1) is 0 Å². The molecule has 8 nitrogen and oxygen atoms in total. The van der Waals surface area contributed by atoms with E-state index in [1.54, 1.807) is 24.3 Å². The Morgan fingerprint density at radius 2 is 1.97 bits per heavy atom. The molecule has 2 saturated heterocycles. The van der Waals surface area contributed by atoms with Crippen LogP contribution < -0.4 is 10.6 Å². The summed E-state index contributed by atoms with van der Waals surface area (Å²) in [4.78, 5) is 43.6. The zero-order valence-electron chi connectivity index (χ0n) is 18.7. The van der Waals surface area contributed by atoms with Crippen molar-refractivity contribution in [2.24, 2.45) is 0 Å². The smallest absolute Gasteiger partial charge is 0.253 e. The van der Waals surface area contributed by atoms with Gasteiger partial charge in [0.2, 0.25) is 11.8 Å². The highest BCUT2D eigenvalue weighted by Gasteiger charge is 2.28. The second-order valence-electron chi connectivity index (χ2n) is 8.32. The fourth-order valence-electron chi connectivity index (χ4n) is 4.47. The summed E-state index contributed by atoms with van der Waals surface area (Å²) in [6, 6.07) is 7.34. The Kier molecular flexibility index (Phi) is 8.43. The van der Waals surface area contributed by atoms with Crippen molar-refractivity contribution in [1.29, 1.82) is 0 Å². The van der Waals surface area contributed by atoms with E-state index in [-0.39, 0.29) is 17.7 Å². The molecular formula is C23H35N5O3. The molecule has 0 aromatic heterocycles. The van der Waals surface area contributed by atoms with Crippen molar-refractivity contribution in [1.82, 2.24) is 20.0 Å². The van der Waals surface area contributed by atoms with Gasteiger partial charge in [-0.25, -0.2) is 0 Å². The van der Waals surface area contributed by atoms with Crippen LogP contribution in [0.3, 0.4) is 0 Å². The van der Waals surface area contributed by atoms with E-state index in [1.807, 2.05) is 9.80 Å². The molecule has 0 bridgehead atoms. The van der Waals surface area contributed by atoms with Crippen molar-refractivity contribution in [3.63, 3.8) is 0 Å². The van der Waals surface area contributed by atoms with Crippen LogP contribution in [-0.4, -0.2) is 90.8 Å². The van der Waals surface area contributed by atoms with Crippen LogP contribution in [0.25, 0.3) is 0 Å². The summed E-state index contributed by atoms with van der Waals surface area (Å²) in [5.41, 5.74) is 1.13. The molecule has 3 amide bonds. The Hall–Kier alpha value is -2.45. The molecule has 8 heteroatoms. The molecule has 0 saturated carbocycles. The minimum atomic E-state index is -0.174. The summed E-state index contributed by atoms with van der Waals surface area (Å²) in [7, 11) is 0. The van der Waals surface area contributed by atoms with Gasteiger partial charge in [-0.2, -0.15) is 0 Å². The number of carbonyl (C=O) groups excluding carboxylic acids is 3. The van der Waals surface area contributed by atoms with Gasteiger partial charge in [-0.05, 0) is 44.1 Å². The third-order valence-electron chi connectivity index (χ3n) is 6.12. The Balaban J connectivity index is 1.71. The lowest BCUT2D eigenvalue weighted by Gasteiger charge is -2.32. The van der Waals surface area contributed by atoms with Crippen molar-refractivity contribution in [3.8, 4) is 0 Å². The predicted molar refractivity (Wildman–Crippen MR) is 121 cm³/mol. The first kappa shape index (κ1) is 23.2. The second kappa shape index (κ2) is 11.2. The lowest BCUT2D eigenvalue weighted by molar-refractivity contribution is -0.132. The van der Waals surface area contributed by atoms with Crippen molar-refractivity contribution in [2.45, 2.75) is 39.2 Å². The number of rotatable bonds is 8. The number of nitrogens with zero attached hydrogens (tertiary/aromatic N) is 3. The van der Waals surface area contributed by atoms with Crippen LogP contribution in [0.4, 0.5) is 5.69 Å². The van der Waals surface area contributed by atoms with Gasteiger partial charge < -0.3 is 20.4 Å². The van der Waals surface area contributed by atoms with E-state index < -0.39 is 0 Å². The maximum absolute atomic E-state index is 13.4. The lowest BCUT2D eigenvalue weighted by atomic mass is 10.1. The van der Waals surface area contributed by atoms with Crippen molar-refractivity contribution >= 4 is 23.4 Å². The van der Waals surface area contributed by atoms with Gasteiger partial charge in [0, 0.05) is 69.9 Å². The summed E-state index contributed by atoms with van der Waals surface area (Å²) in [5.74, 6) is -0.166. The number of hydrogen-bond donors (Lipinski definition) is 2. The molecule has 170 valence electrons. The average molecular weight is 430 g/mol. The fraction of sp³-hybridized carbons (Fsp3) is 0.609. The highest BCUT2D eigenvalue weighted by atomic mass is 16.2. The first-order valence-electron chi connectivity index (χ1n) is 11.4. The SMILES string of the molecule is CCN1CCC[C@@H]1CN(CCC(=O)N1CCNCC1)C(=O)c1cccc(NC(C)=O)c1. The maximum Gasteiger partial charge on any atom is 0.253 e. The number of likely N-dealkylation sites (tertiary alicyclic amines) is 1. The van der Waals surface area contributed by atoms with E-state index in [4.69, 9.17) is 0 Å². The minimum Gasteiger partial charge on any atom is -0.340 e. The topological polar surface area (TPSA) is 85.0 Å². The molecule has 0 radical (unpaired) electrons. The largest absolute Gasteiger partial charge is 0.340 e. The van der Waals surface area contributed by atoms with Crippen LogP contribution in [0.5, 0.6) is 0 Å². The fourth-order valence-corrected chi connectivity index (χ4v) is 4.47. The van der Waals surface area contributed by atoms with Crippen LogP contribution in [0.15, 0.2) is 24.3 Å². The van der Waals surface area contributed by atoms with E-state index in [1.165, 1.54) is 6.92 Å². The van der Waals surface area contributed by atoms with Crippen LogP contribution >= 0.6 is 0 Å². The normalized spacial score (nSPS) is 19.3. The number of benzene rings is 1. The Morgan fingerprint density at radius 1 is 1.19 bits per heavy atom. The summed E-state index contributed by atoms with van der Waals surface area (Å²) in [5, 5.41) is 6.00. The van der Waals surface area contributed by atoms with E-state index in [0.717, 1.165) is 52.1 Å². The molecule has 3 rings (SSSR count). The van der Waals surface area contributed by atoms with Gasteiger partial charge in [0.05, 0.1) is 0 Å². The van der Waals surface area contributed by atoms with E-state index >= 15 is 0 Å². The molecule has 1 aromatic rings. The summed E-state index contributed by atoms with van der Waals surface area (Å²) in [6.07, 6.45) is 2.53. The third-order valence-corrected chi connectivity index (χ3v) is 6.12. The number of amides is 3. The van der Waals surface area contributed by atoms with Crippen molar-refractivity contribution in [2.75, 3.05) is 57.7 Å². The number of anilines is 1. The van der Waals surface area contributed by atoms with E-state index in [9.17, 15) is 14.4 Å². The Bertz CT molecular complexity index is 778. The standard InChI is InChI=1S/C23H35N5O3/c1-3-26-12-5-8-21(26)17-28(13-9-22(30)27-14-10-24-11-15-27)23(31)19-6-4-7-20(16-19)25-18(2)29/h4,6-7,16,21,24H,3,5,8-15,17H2,1-2H3,(H,25,29)/t21-/m1/s1. The zero-order chi connectivity index (χ0) is 22.2. The molecule has 2 N–H and O–H groups in total. The second-order valence-corrected chi connectivity index (χ2v) is 8.32. The number of piperazine rings is 1. The molecule has 0 aliphatic carbocycles. The molecule has 1 aromatic carbocycles. The first-order chi connectivity index (χ1) is 15.0. The lowest BCUT2D eigenvalue weighted by Crippen LogP contribution is -2.48. The quantitative estimate of drug-likeness (QED) is 0.652. The van der Waals surface area contributed by atoms with Gasteiger partial charge in [-0.15, -0.1) is 0 Å². The van der Waals surface area contributed by atoms with Crippen LogP contribution in [0.1, 0.15) is 43.5 Å². The molecule has 0 spiro atoms. The third kappa shape index (κ3) is 6.51. The molecule has 1 atom stereocenters. The Labute approximate surface area is 184 Å². The molecule has 0 unspecified atom stereocenters. The molecule has 31 heavy (non-hydrogen) atoms. The number of hydrogen-bond acceptors (Lipinski definition) is 5. The molecule has 2 aliphatic rings.